The normalized spacial score (nSPS) is 18.5. The highest BCUT2D eigenvalue weighted by Crippen LogP contribution is 2.30. The predicted molar refractivity (Wildman–Crippen MR) is 108 cm³/mol. The second kappa shape index (κ2) is 7.63. The molecule has 1 saturated heterocycles. The lowest BCUT2D eigenvalue weighted by atomic mass is 9.92. The number of aryl methyl sites for hydroxylation is 1. The topological polar surface area (TPSA) is 122 Å². The smallest absolute Gasteiger partial charge is 0.324 e. The van der Waals surface area contributed by atoms with Crippen molar-refractivity contribution in [2.45, 2.75) is 19.4 Å². The quantitative estimate of drug-likeness (QED) is 0.403. The number of urea groups is 1. The molecule has 29 heavy (non-hydrogen) atoms. The minimum absolute atomic E-state index is 0.139. The van der Waals surface area contributed by atoms with Crippen LogP contribution in [0, 0.1) is 17.0 Å². The Morgan fingerprint density at radius 2 is 2.00 bits per heavy atom. The molecule has 2 N–H and O–H groups in total. The van der Waals surface area contributed by atoms with Gasteiger partial charge in [0.05, 0.1) is 4.92 Å². The molecule has 0 unspecified atom stereocenters. The van der Waals surface area contributed by atoms with Gasteiger partial charge in [-0.15, -0.1) is 0 Å². The van der Waals surface area contributed by atoms with Crippen molar-refractivity contribution in [3.05, 3.63) is 68.2 Å². The first-order valence-electron chi connectivity index (χ1n) is 8.57. The van der Waals surface area contributed by atoms with Gasteiger partial charge in [0.25, 0.3) is 11.6 Å². The molecule has 1 atom stereocenters. The lowest BCUT2D eigenvalue weighted by Crippen LogP contribution is -2.42. The third kappa shape index (κ3) is 3.97. The number of nitrogens with one attached hydrogen (secondary N) is 2. The molecule has 0 bridgehead atoms. The number of benzene rings is 2. The van der Waals surface area contributed by atoms with Crippen LogP contribution in [0.3, 0.4) is 0 Å². The third-order valence-corrected chi connectivity index (χ3v) is 5.16. The first-order chi connectivity index (χ1) is 13.6. The van der Waals surface area contributed by atoms with Crippen LogP contribution in [-0.2, 0) is 15.1 Å². The maximum absolute atomic E-state index is 12.9. The standard InChI is InChI=1S/C19H17BrN4O5/c1-11-6-7-14(9-15(11)24(28)29)21-16(25)10-23-17(26)19(2,22-18(23)27)12-4-3-5-13(20)8-12/h3-9H,10H2,1-2H3,(H,21,25)(H,22,27)/t19-/m1/s1. The fraction of sp³-hybridized carbons (Fsp3) is 0.211. The van der Waals surface area contributed by atoms with Crippen LogP contribution in [0.15, 0.2) is 46.9 Å². The average molecular weight is 461 g/mol. The molecule has 1 fully saturated rings. The Kier molecular flexibility index (Phi) is 5.38. The van der Waals surface area contributed by atoms with E-state index < -0.39 is 34.9 Å². The van der Waals surface area contributed by atoms with Gasteiger partial charge >= 0.3 is 6.03 Å². The summed E-state index contributed by atoms with van der Waals surface area (Å²) in [6.07, 6.45) is 0. The molecular weight excluding hydrogens is 444 g/mol. The Bertz CT molecular complexity index is 1040. The molecule has 0 aromatic heterocycles. The summed E-state index contributed by atoms with van der Waals surface area (Å²) >= 11 is 3.33. The summed E-state index contributed by atoms with van der Waals surface area (Å²) in [7, 11) is 0. The Hall–Kier alpha value is -3.27. The van der Waals surface area contributed by atoms with Crippen LogP contribution < -0.4 is 10.6 Å². The van der Waals surface area contributed by atoms with Crippen molar-refractivity contribution < 1.29 is 19.3 Å². The summed E-state index contributed by atoms with van der Waals surface area (Å²) in [6.45, 7) is 2.63. The number of nitro benzene ring substituents is 1. The molecule has 1 aliphatic rings. The second-order valence-corrected chi connectivity index (χ2v) is 7.68. The summed E-state index contributed by atoms with van der Waals surface area (Å²) < 4.78 is 0.746. The maximum Gasteiger partial charge on any atom is 0.325 e. The summed E-state index contributed by atoms with van der Waals surface area (Å²) in [5.41, 5.74) is -0.215. The molecule has 0 spiro atoms. The molecule has 10 heteroatoms. The minimum atomic E-state index is -1.30. The monoisotopic (exact) mass is 460 g/mol. The number of nitro groups is 1. The van der Waals surface area contributed by atoms with Crippen LogP contribution in [-0.4, -0.2) is 34.2 Å². The second-order valence-electron chi connectivity index (χ2n) is 6.76. The van der Waals surface area contributed by atoms with Gasteiger partial charge in [-0.25, -0.2) is 4.79 Å². The zero-order valence-electron chi connectivity index (χ0n) is 15.6. The highest BCUT2D eigenvalue weighted by molar-refractivity contribution is 9.10. The van der Waals surface area contributed by atoms with Crippen molar-refractivity contribution in [2.75, 3.05) is 11.9 Å². The van der Waals surface area contributed by atoms with E-state index in [1.54, 1.807) is 38.1 Å². The highest BCUT2D eigenvalue weighted by Gasteiger charge is 2.49. The van der Waals surface area contributed by atoms with E-state index in [9.17, 15) is 24.5 Å². The summed E-state index contributed by atoms with van der Waals surface area (Å²) in [5, 5.41) is 16.1. The van der Waals surface area contributed by atoms with Crippen LogP contribution in [0.2, 0.25) is 0 Å². The highest BCUT2D eigenvalue weighted by atomic mass is 79.9. The molecule has 1 heterocycles. The SMILES string of the molecule is Cc1ccc(NC(=O)CN2C(=O)N[C@](C)(c3cccc(Br)c3)C2=O)cc1[N+](=O)[O-]. The predicted octanol–water partition coefficient (Wildman–Crippen LogP) is 3.07. The van der Waals surface area contributed by atoms with Crippen LogP contribution >= 0.6 is 15.9 Å². The van der Waals surface area contributed by atoms with Crippen LogP contribution in [0.1, 0.15) is 18.1 Å². The number of hydrogen-bond donors (Lipinski definition) is 2. The number of imide groups is 1. The first kappa shape index (κ1) is 20.5. The van der Waals surface area contributed by atoms with Crippen molar-refractivity contribution in [1.29, 1.82) is 0 Å². The third-order valence-electron chi connectivity index (χ3n) is 4.67. The molecule has 1 aliphatic heterocycles. The number of halogens is 1. The molecule has 2 aromatic rings. The number of anilines is 1. The molecular formula is C19H17BrN4O5. The van der Waals surface area contributed by atoms with Gasteiger partial charge in [0.15, 0.2) is 0 Å². The van der Waals surface area contributed by atoms with E-state index in [1.165, 1.54) is 18.2 Å². The van der Waals surface area contributed by atoms with Gasteiger partial charge in [-0.05, 0) is 37.6 Å². The molecule has 4 amide bonds. The number of amides is 4. The van der Waals surface area contributed by atoms with Crippen molar-refractivity contribution in [1.82, 2.24) is 10.2 Å². The average Bonchev–Trinajstić information content (AvgIpc) is 2.87. The molecule has 150 valence electrons. The number of rotatable bonds is 5. The number of hydrogen-bond acceptors (Lipinski definition) is 5. The number of carbonyl (C=O) groups is 3. The Labute approximate surface area is 174 Å². The maximum atomic E-state index is 12.9. The Balaban J connectivity index is 1.76. The fourth-order valence-electron chi connectivity index (χ4n) is 3.06. The van der Waals surface area contributed by atoms with Crippen molar-refractivity contribution in [2.24, 2.45) is 0 Å². The summed E-state index contributed by atoms with van der Waals surface area (Å²) in [6, 6.07) is 10.5. The zero-order chi connectivity index (χ0) is 21.3. The van der Waals surface area contributed by atoms with Crippen LogP contribution in [0.5, 0.6) is 0 Å². The van der Waals surface area contributed by atoms with Gasteiger partial charge in [-0.2, -0.15) is 0 Å². The first-order valence-corrected chi connectivity index (χ1v) is 9.36. The van der Waals surface area contributed by atoms with E-state index in [4.69, 9.17) is 0 Å². The molecule has 9 nitrogen and oxygen atoms in total. The van der Waals surface area contributed by atoms with E-state index in [0.29, 0.717) is 11.1 Å². The lowest BCUT2D eigenvalue weighted by Gasteiger charge is -2.22. The molecule has 2 aromatic carbocycles. The summed E-state index contributed by atoms with van der Waals surface area (Å²) in [4.78, 5) is 48.9. The minimum Gasteiger partial charge on any atom is -0.324 e. The van der Waals surface area contributed by atoms with Gasteiger partial charge in [0.2, 0.25) is 5.91 Å². The molecule has 0 saturated carbocycles. The van der Waals surface area contributed by atoms with E-state index in [2.05, 4.69) is 26.6 Å². The summed E-state index contributed by atoms with van der Waals surface area (Å²) in [5.74, 6) is -1.21. The largest absolute Gasteiger partial charge is 0.325 e. The van der Waals surface area contributed by atoms with Crippen LogP contribution in [0.25, 0.3) is 0 Å². The van der Waals surface area contributed by atoms with Crippen molar-refractivity contribution in [3.63, 3.8) is 0 Å². The molecule has 0 radical (unpaired) electrons. The lowest BCUT2D eigenvalue weighted by molar-refractivity contribution is -0.385. The zero-order valence-corrected chi connectivity index (χ0v) is 17.1. The van der Waals surface area contributed by atoms with Gasteiger partial charge in [-0.1, -0.05) is 34.1 Å². The van der Waals surface area contributed by atoms with Crippen LogP contribution in [0.4, 0.5) is 16.2 Å². The van der Waals surface area contributed by atoms with E-state index >= 15 is 0 Å². The van der Waals surface area contributed by atoms with Gasteiger partial charge < -0.3 is 10.6 Å². The number of carbonyl (C=O) groups excluding carboxylic acids is 3. The Morgan fingerprint density at radius 3 is 2.66 bits per heavy atom. The Morgan fingerprint density at radius 1 is 1.28 bits per heavy atom. The van der Waals surface area contributed by atoms with Crippen molar-refractivity contribution in [3.8, 4) is 0 Å². The van der Waals surface area contributed by atoms with E-state index in [1.807, 2.05) is 0 Å². The van der Waals surface area contributed by atoms with Gasteiger partial charge in [0.1, 0.15) is 12.1 Å². The van der Waals surface area contributed by atoms with Gasteiger partial charge in [-0.3, -0.25) is 24.6 Å². The van der Waals surface area contributed by atoms with E-state index in [-0.39, 0.29) is 11.4 Å². The van der Waals surface area contributed by atoms with Crippen molar-refractivity contribution >= 4 is 45.2 Å². The fourth-order valence-corrected chi connectivity index (χ4v) is 3.46. The molecule has 0 aliphatic carbocycles. The number of nitrogens with zero attached hydrogens (tertiary/aromatic N) is 2. The van der Waals surface area contributed by atoms with E-state index in [0.717, 1.165) is 9.37 Å². The van der Waals surface area contributed by atoms with Gasteiger partial charge in [0, 0.05) is 21.8 Å². The molecule has 3 rings (SSSR count).